The molecule has 0 amide bonds. The number of hydrazine groups is 1. The van der Waals surface area contributed by atoms with Gasteiger partial charge in [0.05, 0.1) is 13.2 Å². The first kappa shape index (κ1) is 7.97. The summed E-state index contributed by atoms with van der Waals surface area (Å²) < 4.78 is 5.25. The smallest absolute Gasteiger partial charge is 0.174 e. The van der Waals surface area contributed by atoms with Gasteiger partial charge in [0.15, 0.2) is 6.29 Å². The maximum absolute atomic E-state index is 5.25. The van der Waals surface area contributed by atoms with Crippen molar-refractivity contribution in [2.24, 2.45) is 4.99 Å². The second kappa shape index (κ2) is 3.38. The average Bonchev–Trinajstić information content (AvgIpc) is 2.54. The Bertz CT molecular complexity index is 178. The minimum atomic E-state index is 0.124. The van der Waals surface area contributed by atoms with Crippen molar-refractivity contribution in [1.29, 1.82) is 0 Å². The van der Waals surface area contributed by atoms with Gasteiger partial charge < -0.3 is 4.74 Å². The molecule has 5 heteroatoms. The first-order valence-electron chi connectivity index (χ1n) is 4.20. The van der Waals surface area contributed by atoms with Crippen LogP contribution in [-0.2, 0) is 4.74 Å². The number of hydrogen-bond donors (Lipinski definition) is 1. The highest BCUT2D eigenvalue weighted by atomic mass is 16.5. The average molecular weight is 170 g/mol. The van der Waals surface area contributed by atoms with E-state index in [1.165, 1.54) is 0 Å². The van der Waals surface area contributed by atoms with Crippen LogP contribution in [0.4, 0.5) is 0 Å². The molecule has 0 aromatic heterocycles. The fourth-order valence-corrected chi connectivity index (χ4v) is 1.41. The van der Waals surface area contributed by atoms with Gasteiger partial charge in [0.25, 0.3) is 0 Å². The summed E-state index contributed by atoms with van der Waals surface area (Å²) in [6.07, 6.45) is 1.93. The number of ether oxygens (including phenoxy) is 1. The van der Waals surface area contributed by atoms with Gasteiger partial charge in [-0.2, -0.15) is 5.43 Å². The first-order valence-corrected chi connectivity index (χ1v) is 4.20. The van der Waals surface area contributed by atoms with E-state index in [2.05, 4.69) is 15.3 Å². The molecule has 0 saturated carbocycles. The van der Waals surface area contributed by atoms with E-state index >= 15 is 0 Å². The van der Waals surface area contributed by atoms with Crippen LogP contribution in [0.1, 0.15) is 0 Å². The van der Waals surface area contributed by atoms with Crippen molar-refractivity contribution in [3.8, 4) is 0 Å². The fraction of sp³-hybridized carbons (Fsp3) is 0.857. The molecule has 68 valence electrons. The highest BCUT2D eigenvalue weighted by Gasteiger charge is 2.22. The largest absolute Gasteiger partial charge is 0.379 e. The molecular weight excluding hydrogens is 156 g/mol. The lowest BCUT2D eigenvalue weighted by Crippen LogP contribution is -2.50. The van der Waals surface area contributed by atoms with Crippen LogP contribution in [0, 0.1) is 0 Å². The Morgan fingerprint density at radius 3 is 2.83 bits per heavy atom. The molecule has 1 N–H and O–H groups in total. The van der Waals surface area contributed by atoms with Gasteiger partial charge in [0.2, 0.25) is 0 Å². The number of hydrogen-bond acceptors (Lipinski definition) is 5. The van der Waals surface area contributed by atoms with Crippen LogP contribution in [0.5, 0.6) is 0 Å². The van der Waals surface area contributed by atoms with Crippen LogP contribution in [0.25, 0.3) is 0 Å². The van der Waals surface area contributed by atoms with E-state index in [1.807, 2.05) is 12.1 Å². The molecule has 0 aliphatic carbocycles. The van der Waals surface area contributed by atoms with E-state index in [4.69, 9.17) is 4.74 Å². The summed E-state index contributed by atoms with van der Waals surface area (Å²) in [5.41, 5.74) is 3.20. The third-order valence-electron chi connectivity index (χ3n) is 2.09. The van der Waals surface area contributed by atoms with Crippen LogP contribution >= 0.6 is 0 Å². The molecule has 1 atom stereocenters. The van der Waals surface area contributed by atoms with Crippen molar-refractivity contribution < 1.29 is 4.74 Å². The van der Waals surface area contributed by atoms with Crippen LogP contribution in [-0.4, -0.2) is 55.9 Å². The highest BCUT2D eigenvalue weighted by molar-refractivity contribution is 5.55. The number of nitrogens with one attached hydrogen (secondary N) is 1. The lowest BCUT2D eigenvalue weighted by atomic mass is 10.4. The number of aliphatic imine (C=N–C) groups is 1. The Labute approximate surface area is 72.0 Å². The Kier molecular flexibility index (Phi) is 2.25. The molecule has 1 unspecified atom stereocenters. The zero-order chi connectivity index (χ0) is 8.39. The molecule has 2 aliphatic rings. The number of rotatable bonds is 1. The summed E-state index contributed by atoms with van der Waals surface area (Å²) in [5.74, 6) is 0. The summed E-state index contributed by atoms with van der Waals surface area (Å²) in [6, 6.07) is 0. The number of nitrogens with zero attached hydrogens (tertiary/aromatic N) is 3. The minimum Gasteiger partial charge on any atom is -0.379 e. The van der Waals surface area contributed by atoms with E-state index in [0.29, 0.717) is 0 Å². The molecule has 0 spiro atoms. The Hall–Kier alpha value is -0.650. The molecule has 2 rings (SSSR count). The van der Waals surface area contributed by atoms with E-state index in [0.717, 1.165) is 26.3 Å². The van der Waals surface area contributed by atoms with Crippen molar-refractivity contribution >= 4 is 6.34 Å². The molecule has 0 aromatic carbocycles. The second-order valence-corrected chi connectivity index (χ2v) is 3.03. The molecule has 0 bridgehead atoms. The molecule has 2 heterocycles. The molecule has 0 radical (unpaired) electrons. The maximum Gasteiger partial charge on any atom is 0.174 e. The van der Waals surface area contributed by atoms with E-state index < -0.39 is 0 Å². The van der Waals surface area contributed by atoms with Gasteiger partial charge in [0, 0.05) is 20.1 Å². The van der Waals surface area contributed by atoms with Crippen LogP contribution in [0.2, 0.25) is 0 Å². The third-order valence-corrected chi connectivity index (χ3v) is 2.09. The van der Waals surface area contributed by atoms with Gasteiger partial charge in [-0.15, -0.1) is 0 Å². The zero-order valence-electron chi connectivity index (χ0n) is 7.23. The molecule has 1 fully saturated rings. The first-order chi connectivity index (χ1) is 5.86. The van der Waals surface area contributed by atoms with Gasteiger partial charge >= 0.3 is 0 Å². The monoisotopic (exact) mass is 170 g/mol. The zero-order valence-corrected chi connectivity index (χ0v) is 7.23. The molecule has 12 heavy (non-hydrogen) atoms. The number of morpholine rings is 1. The van der Waals surface area contributed by atoms with Crippen molar-refractivity contribution in [2.45, 2.75) is 6.29 Å². The van der Waals surface area contributed by atoms with Crippen LogP contribution in [0.3, 0.4) is 0 Å². The fourth-order valence-electron chi connectivity index (χ4n) is 1.41. The van der Waals surface area contributed by atoms with E-state index in [-0.39, 0.29) is 6.29 Å². The van der Waals surface area contributed by atoms with Gasteiger partial charge in [-0.3, -0.25) is 9.91 Å². The van der Waals surface area contributed by atoms with Crippen molar-refractivity contribution in [1.82, 2.24) is 15.3 Å². The molecule has 2 aliphatic heterocycles. The van der Waals surface area contributed by atoms with Crippen molar-refractivity contribution in [3.63, 3.8) is 0 Å². The van der Waals surface area contributed by atoms with Crippen molar-refractivity contribution in [2.75, 3.05) is 33.4 Å². The summed E-state index contributed by atoms with van der Waals surface area (Å²) in [7, 11) is 1.95. The molecular formula is C7H14N4O. The van der Waals surface area contributed by atoms with E-state index in [9.17, 15) is 0 Å². The predicted molar refractivity (Wildman–Crippen MR) is 45.6 cm³/mol. The molecule has 5 nitrogen and oxygen atoms in total. The van der Waals surface area contributed by atoms with E-state index in [1.54, 1.807) is 6.34 Å². The SMILES string of the molecule is CN1C=NC(N2CCOCC2)N1. The van der Waals surface area contributed by atoms with Gasteiger partial charge in [-0.05, 0) is 0 Å². The topological polar surface area (TPSA) is 40.1 Å². The normalized spacial score (nSPS) is 31.4. The maximum atomic E-state index is 5.25. The van der Waals surface area contributed by atoms with Gasteiger partial charge in [0.1, 0.15) is 6.34 Å². The lowest BCUT2D eigenvalue weighted by Gasteiger charge is -2.30. The Balaban J connectivity index is 1.87. The summed E-state index contributed by atoms with van der Waals surface area (Å²) in [5, 5.41) is 1.88. The van der Waals surface area contributed by atoms with Crippen molar-refractivity contribution in [3.05, 3.63) is 0 Å². The summed E-state index contributed by atoms with van der Waals surface area (Å²) in [4.78, 5) is 6.57. The van der Waals surface area contributed by atoms with Crippen LogP contribution < -0.4 is 5.43 Å². The molecule has 1 saturated heterocycles. The predicted octanol–water partition coefficient (Wildman–Crippen LogP) is -0.919. The Morgan fingerprint density at radius 2 is 2.25 bits per heavy atom. The standard InChI is InChI=1S/C7H14N4O/c1-10-6-8-7(9-10)11-2-4-12-5-3-11/h6-7,9H,2-5H2,1H3. The Morgan fingerprint density at radius 1 is 1.50 bits per heavy atom. The minimum absolute atomic E-state index is 0.124. The van der Waals surface area contributed by atoms with Gasteiger partial charge in [-0.1, -0.05) is 0 Å². The van der Waals surface area contributed by atoms with Crippen LogP contribution in [0.15, 0.2) is 4.99 Å². The lowest BCUT2D eigenvalue weighted by molar-refractivity contribution is 0.00532. The summed E-state index contributed by atoms with van der Waals surface area (Å²) in [6.45, 7) is 3.56. The molecule has 0 aromatic rings. The highest BCUT2D eigenvalue weighted by Crippen LogP contribution is 2.05. The summed E-state index contributed by atoms with van der Waals surface area (Å²) >= 11 is 0. The quantitative estimate of drug-likeness (QED) is 0.552. The second-order valence-electron chi connectivity index (χ2n) is 3.03. The van der Waals surface area contributed by atoms with Gasteiger partial charge in [-0.25, -0.2) is 4.99 Å². The third kappa shape index (κ3) is 1.57.